The molecule has 0 radical (unpaired) electrons. The zero-order valence-electron chi connectivity index (χ0n) is 10.5. The van der Waals surface area contributed by atoms with Crippen molar-refractivity contribution in [3.8, 4) is 0 Å². The van der Waals surface area contributed by atoms with Crippen LogP contribution in [0.4, 0.5) is 15.9 Å². The third-order valence-corrected chi connectivity index (χ3v) is 3.48. The zero-order chi connectivity index (χ0) is 13.4. The summed E-state index contributed by atoms with van der Waals surface area (Å²) in [5.41, 5.74) is 2.20. The minimum atomic E-state index is -0.451. The second-order valence-electron chi connectivity index (χ2n) is 4.86. The van der Waals surface area contributed by atoms with E-state index in [0.717, 1.165) is 24.8 Å². The van der Waals surface area contributed by atoms with Gasteiger partial charge in [0.05, 0.1) is 6.20 Å². The summed E-state index contributed by atoms with van der Waals surface area (Å²) in [7, 11) is 0. The molecule has 1 aliphatic heterocycles. The lowest BCUT2D eigenvalue weighted by Gasteiger charge is -2.34. The lowest BCUT2D eigenvalue weighted by Crippen LogP contribution is -2.31. The van der Waals surface area contributed by atoms with Crippen molar-refractivity contribution in [1.29, 1.82) is 0 Å². The van der Waals surface area contributed by atoms with Crippen LogP contribution in [0.1, 0.15) is 12.5 Å². The minimum absolute atomic E-state index is 0.0621. The Kier molecular flexibility index (Phi) is 3.11. The third-order valence-electron chi connectivity index (χ3n) is 3.30. The van der Waals surface area contributed by atoms with Gasteiger partial charge in [-0.15, -0.1) is 0 Å². The van der Waals surface area contributed by atoms with E-state index in [2.05, 4.69) is 23.0 Å². The fourth-order valence-corrected chi connectivity index (χ4v) is 2.65. The second kappa shape index (κ2) is 4.78. The second-order valence-corrected chi connectivity index (χ2v) is 5.20. The lowest BCUT2D eigenvalue weighted by molar-refractivity contribution is 0.545. The molecular formula is C14H13ClFN3. The van der Waals surface area contributed by atoms with E-state index in [1.165, 1.54) is 5.56 Å². The van der Waals surface area contributed by atoms with E-state index in [1.54, 1.807) is 0 Å². The van der Waals surface area contributed by atoms with Crippen LogP contribution in [-0.4, -0.2) is 16.5 Å². The van der Waals surface area contributed by atoms with Crippen LogP contribution in [0.2, 0.25) is 5.28 Å². The van der Waals surface area contributed by atoms with Gasteiger partial charge < -0.3 is 4.90 Å². The zero-order valence-corrected chi connectivity index (χ0v) is 11.2. The van der Waals surface area contributed by atoms with E-state index in [0.29, 0.717) is 5.92 Å². The Labute approximate surface area is 116 Å². The lowest BCUT2D eigenvalue weighted by atomic mass is 9.94. The Morgan fingerprint density at radius 3 is 3.00 bits per heavy atom. The maximum atomic E-state index is 13.9. The molecule has 0 saturated carbocycles. The first-order chi connectivity index (χ1) is 9.15. The number of anilines is 2. The number of benzene rings is 1. The van der Waals surface area contributed by atoms with Crippen LogP contribution in [0.5, 0.6) is 0 Å². The number of hydrogen-bond acceptors (Lipinski definition) is 3. The minimum Gasteiger partial charge on any atom is -0.323 e. The van der Waals surface area contributed by atoms with Gasteiger partial charge in [-0.25, -0.2) is 9.37 Å². The number of hydrogen-bond donors (Lipinski definition) is 0. The summed E-state index contributed by atoms with van der Waals surface area (Å²) >= 11 is 5.78. The first-order valence-corrected chi connectivity index (χ1v) is 6.56. The normalized spacial score (nSPS) is 18.3. The van der Waals surface area contributed by atoms with E-state index in [9.17, 15) is 4.39 Å². The Bertz CT molecular complexity index is 617. The highest BCUT2D eigenvalue weighted by atomic mass is 35.5. The SMILES string of the molecule is CC1Cc2ccccc2N(c2nc(Cl)ncc2F)C1. The fraction of sp³-hybridized carbons (Fsp3) is 0.286. The van der Waals surface area contributed by atoms with Gasteiger partial charge in [-0.2, -0.15) is 4.98 Å². The molecule has 0 saturated heterocycles. The van der Waals surface area contributed by atoms with E-state index in [1.807, 2.05) is 23.1 Å². The van der Waals surface area contributed by atoms with Gasteiger partial charge in [-0.1, -0.05) is 25.1 Å². The van der Waals surface area contributed by atoms with Gasteiger partial charge in [-0.3, -0.25) is 0 Å². The van der Waals surface area contributed by atoms with Crippen LogP contribution in [0, 0.1) is 11.7 Å². The number of nitrogens with zero attached hydrogens (tertiary/aromatic N) is 3. The average Bonchev–Trinajstić information content (AvgIpc) is 2.40. The van der Waals surface area contributed by atoms with Crippen molar-refractivity contribution in [3.05, 3.63) is 47.1 Å². The van der Waals surface area contributed by atoms with E-state index >= 15 is 0 Å². The van der Waals surface area contributed by atoms with E-state index in [4.69, 9.17) is 11.6 Å². The largest absolute Gasteiger partial charge is 0.323 e. The molecule has 3 nitrogen and oxygen atoms in total. The van der Waals surface area contributed by atoms with Crippen molar-refractivity contribution in [1.82, 2.24) is 9.97 Å². The third kappa shape index (κ3) is 2.28. The van der Waals surface area contributed by atoms with Crippen molar-refractivity contribution in [2.24, 2.45) is 5.92 Å². The van der Waals surface area contributed by atoms with Crippen LogP contribution < -0.4 is 4.90 Å². The average molecular weight is 278 g/mol. The molecule has 0 fully saturated rings. The van der Waals surface area contributed by atoms with Crippen LogP contribution in [0.3, 0.4) is 0 Å². The van der Waals surface area contributed by atoms with Crippen LogP contribution >= 0.6 is 11.6 Å². The molecule has 0 N–H and O–H groups in total. The van der Waals surface area contributed by atoms with Gasteiger partial charge in [0.2, 0.25) is 5.28 Å². The number of fused-ring (bicyclic) bond motifs is 1. The van der Waals surface area contributed by atoms with Gasteiger partial charge in [0.1, 0.15) is 0 Å². The molecule has 1 atom stereocenters. The highest BCUT2D eigenvalue weighted by molar-refractivity contribution is 6.28. The van der Waals surface area contributed by atoms with Crippen LogP contribution in [0.15, 0.2) is 30.5 Å². The summed E-state index contributed by atoms with van der Waals surface area (Å²) in [5, 5.41) is 0.0621. The summed E-state index contributed by atoms with van der Waals surface area (Å²) in [6.45, 7) is 2.87. The van der Waals surface area contributed by atoms with Gasteiger partial charge >= 0.3 is 0 Å². The molecule has 0 amide bonds. The number of halogens is 2. The maximum Gasteiger partial charge on any atom is 0.224 e. The summed E-state index contributed by atoms with van der Waals surface area (Å²) in [5.74, 6) is 0.232. The van der Waals surface area contributed by atoms with Gasteiger partial charge in [0, 0.05) is 12.2 Å². The van der Waals surface area contributed by atoms with E-state index in [-0.39, 0.29) is 11.1 Å². The molecule has 1 unspecified atom stereocenters. The number of aromatic nitrogens is 2. The molecule has 2 aromatic rings. The van der Waals surface area contributed by atoms with Crippen molar-refractivity contribution in [2.75, 3.05) is 11.4 Å². The summed E-state index contributed by atoms with van der Waals surface area (Å²) in [6.07, 6.45) is 2.11. The molecule has 5 heteroatoms. The molecule has 1 aromatic heterocycles. The number of rotatable bonds is 1. The predicted octanol–water partition coefficient (Wildman–Crippen LogP) is 3.60. The molecule has 0 aliphatic carbocycles. The Morgan fingerprint density at radius 1 is 1.37 bits per heavy atom. The van der Waals surface area contributed by atoms with Crippen LogP contribution in [-0.2, 0) is 6.42 Å². The van der Waals surface area contributed by atoms with Crippen LogP contribution in [0.25, 0.3) is 0 Å². The van der Waals surface area contributed by atoms with Crippen molar-refractivity contribution < 1.29 is 4.39 Å². The number of para-hydroxylation sites is 1. The Hall–Kier alpha value is -1.68. The highest BCUT2D eigenvalue weighted by Crippen LogP contribution is 2.35. The topological polar surface area (TPSA) is 29.0 Å². The monoisotopic (exact) mass is 277 g/mol. The smallest absolute Gasteiger partial charge is 0.224 e. The Balaban J connectivity index is 2.12. The van der Waals surface area contributed by atoms with Gasteiger partial charge in [0.15, 0.2) is 11.6 Å². The molecule has 0 spiro atoms. The molecule has 98 valence electrons. The molecule has 1 aromatic carbocycles. The Morgan fingerprint density at radius 2 is 2.16 bits per heavy atom. The standard InChI is InChI=1S/C14H13ClFN3/c1-9-6-10-4-2-3-5-12(10)19(8-9)13-11(16)7-17-14(15)18-13/h2-5,7,9H,6,8H2,1H3. The summed E-state index contributed by atoms with van der Waals surface area (Å²) in [6, 6.07) is 8.00. The van der Waals surface area contributed by atoms with Crippen molar-refractivity contribution in [2.45, 2.75) is 13.3 Å². The maximum absolute atomic E-state index is 13.9. The van der Waals surface area contributed by atoms with E-state index < -0.39 is 5.82 Å². The van der Waals surface area contributed by atoms with Crippen molar-refractivity contribution in [3.63, 3.8) is 0 Å². The molecule has 2 heterocycles. The predicted molar refractivity (Wildman–Crippen MR) is 73.3 cm³/mol. The molecule has 3 rings (SSSR count). The van der Waals surface area contributed by atoms with Gasteiger partial charge in [-0.05, 0) is 35.6 Å². The molecule has 0 bridgehead atoms. The molecular weight excluding hydrogens is 265 g/mol. The van der Waals surface area contributed by atoms with Crippen molar-refractivity contribution >= 4 is 23.1 Å². The fourth-order valence-electron chi connectivity index (χ4n) is 2.52. The first kappa shape index (κ1) is 12.4. The summed E-state index contributed by atoms with van der Waals surface area (Å²) < 4.78 is 13.9. The molecule has 19 heavy (non-hydrogen) atoms. The summed E-state index contributed by atoms with van der Waals surface area (Å²) in [4.78, 5) is 9.58. The van der Waals surface area contributed by atoms with Gasteiger partial charge in [0.25, 0.3) is 0 Å². The quantitative estimate of drug-likeness (QED) is 0.746. The first-order valence-electron chi connectivity index (χ1n) is 6.18. The molecule has 1 aliphatic rings. The highest BCUT2D eigenvalue weighted by Gasteiger charge is 2.25.